The average molecular weight is 286 g/mol. The van der Waals surface area contributed by atoms with Gasteiger partial charge >= 0.3 is 7.12 Å². The van der Waals surface area contributed by atoms with Crippen molar-refractivity contribution in [3.63, 3.8) is 0 Å². The highest BCUT2D eigenvalue weighted by Crippen LogP contribution is 2.36. The van der Waals surface area contributed by atoms with E-state index in [1.165, 1.54) is 18.4 Å². The maximum Gasteiger partial charge on any atom is 0.486 e. The van der Waals surface area contributed by atoms with Crippen LogP contribution < -0.4 is 0 Å². The lowest BCUT2D eigenvalue weighted by atomic mass is 9.89. The zero-order chi connectivity index (χ0) is 15.3. The van der Waals surface area contributed by atoms with Crippen molar-refractivity contribution >= 4 is 7.12 Å². The van der Waals surface area contributed by atoms with E-state index in [1.807, 2.05) is 0 Å². The summed E-state index contributed by atoms with van der Waals surface area (Å²) in [4.78, 5) is 0. The van der Waals surface area contributed by atoms with E-state index in [0.717, 1.165) is 12.8 Å². The first-order chi connectivity index (χ1) is 9.91. The first kappa shape index (κ1) is 16.3. The Morgan fingerprint density at radius 3 is 2.19 bits per heavy atom. The van der Waals surface area contributed by atoms with E-state index < -0.39 is 0 Å². The van der Waals surface area contributed by atoms with Crippen LogP contribution in [0.5, 0.6) is 0 Å². The Labute approximate surface area is 129 Å². The second-order valence-electron chi connectivity index (χ2n) is 6.78. The highest BCUT2D eigenvalue weighted by Gasteiger charge is 2.49. The van der Waals surface area contributed by atoms with Crippen LogP contribution >= 0.6 is 0 Å². The normalized spacial score (nSPS) is 20.3. The molecule has 0 atom stereocenters. The summed E-state index contributed by atoms with van der Waals surface area (Å²) >= 11 is 0. The Balaban J connectivity index is 1.65. The van der Waals surface area contributed by atoms with Crippen LogP contribution in [0.2, 0.25) is 0 Å². The topological polar surface area (TPSA) is 18.5 Å². The van der Waals surface area contributed by atoms with Gasteiger partial charge in [0.2, 0.25) is 0 Å². The van der Waals surface area contributed by atoms with Crippen LogP contribution in [0.3, 0.4) is 0 Å². The minimum atomic E-state index is -0.241. The molecule has 1 aliphatic heterocycles. The summed E-state index contributed by atoms with van der Waals surface area (Å²) in [6.07, 6.45) is 6.85. The summed E-state index contributed by atoms with van der Waals surface area (Å²) in [5, 5.41) is 0. The number of benzene rings is 1. The van der Waals surface area contributed by atoms with Gasteiger partial charge in [0.05, 0.1) is 11.2 Å². The molecule has 2 nitrogen and oxygen atoms in total. The van der Waals surface area contributed by atoms with Gasteiger partial charge in [-0.15, -0.1) is 0 Å². The zero-order valence-electron chi connectivity index (χ0n) is 13.8. The summed E-state index contributed by atoms with van der Waals surface area (Å²) in [5.41, 5.74) is 0.942. The van der Waals surface area contributed by atoms with Crippen molar-refractivity contribution in [2.75, 3.05) is 0 Å². The van der Waals surface area contributed by atoms with Gasteiger partial charge in [-0.05, 0) is 58.9 Å². The summed E-state index contributed by atoms with van der Waals surface area (Å²) in [7, 11) is -0.205. The molecule has 1 aromatic carbocycles. The van der Waals surface area contributed by atoms with Gasteiger partial charge in [0, 0.05) is 0 Å². The molecule has 0 saturated carbocycles. The number of hydrogen-bond donors (Lipinski definition) is 0. The molecular weight excluding hydrogens is 259 g/mol. The molecule has 0 amide bonds. The average Bonchev–Trinajstić information content (AvgIpc) is 2.63. The second-order valence-corrected chi connectivity index (χ2v) is 6.78. The fourth-order valence-electron chi connectivity index (χ4n) is 2.41. The molecule has 0 N–H and O–H groups in total. The van der Waals surface area contributed by atoms with Crippen LogP contribution in [0.1, 0.15) is 52.5 Å². The lowest BCUT2D eigenvalue weighted by molar-refractivity contribution is 0.00578. The predicted octanol–water partition coefficient (Wildman–Crippen LogP) is 4.59. The monoisotopic (exact) mass is 286 g/mol. The number of rotatable bonds is 6. The number of aryl methyl sites for hydroxylation is 1. The van der Waals surface area contributed by atoms with Crippen molar-refractivity contribution in [2.24, 2.45) is 0 Å². The first-order valence-corrected chi connectivity index (χ1v) is 7.97. The van der Waals surface area contributed by atoms with Gasteiger partial charge in [-0.3, -0.25) is 0 Å². The van der Waals surface area contributed by atoms with Gasteiger partial charge in [-0.25, -0.2) is 0 Å². The van der Waals surface area contributed by atoms with Crippen molar-refractivity contribution in [3.05, 3.63) is 47.9 Å². The Morgan fingerprint density at radius 2 is 1.57 bits per heavy atom. The Morgan fingerprint density at radius 1 is 0.952 bits per heavy atom. The molecule has 1 heterocycles. The number of unbranched alkanes of at least 4 members (excludes halogenated alkanes) is 2. The fraction of sp³-hybridized carbons (Fsp3) is 0.556. The number of allylic oxidation sites excluding steroid dienone is 1. The van der Waals surface area contributed by atoms with Gasteiger partial charge in [-0.1, -0.05) is 42.4 Å². The third kappa shape index (κ3) is 4.45. The predicted molar refractivity (Wildman–Crippen MR) is 89.2 cm³/mol. The minimum absolute atomic E-state index is 0.205. The second kappa shape index (κ2) is 6.80. The van der Waals surface area contributed by atoms with Crippen molar-refractivity contribution in [1.29, 1.82) is 0 Å². The molecule has 0 bridgehead atoms. The summed E-state index contributed by atoms with van der Waals surface area (Å²) in [5.74, 6) is 2.05. The van der Waals surface area contributed by atoms with Crippen molar-refractivity contribution in [1.82, 2.24) is 0 Å². The largest absolute Gasteiger partial charge is 0.486 e. The summed E-state index contributed by atoms with van der Waals surface area (Å²) in [6.45, 7) is 8.34. The van der Waals surface area contributed by atoms with Crippen molar-refractivity contribution in [2.45, 2.75) is 64.6 Å². The van der Waals surface area contributed by atoms with Gasteiger partial charge in [0.15, 0.2) is 0 Å². The minimum Gasteiger partial charge on any atom is -0.400 e. The maximum atomic E-state index is 5.93. The van der Waals surface area contributed by atoms with E-state index in [0.29, 0.717) is 0 Å². The van der Waals surface area contributed by atoms with Crippen LogP contribution in [0.25, 0.3) is 0 Å². The highest BCUT2D eigenvalue weighted by molar-refractivity contribution is 6.51. The lowest BCUT2D eigenvalue weighted by Crippen LogP contribution is -2.41. The van der Waals surface area contributed by atoms with Crippen LogP contribution in [-0.4, -0.2) is 18.3 Å². The van der Waals surface area contributed by atoms with Crippen molar-refractivity contribution < 1.29 is 9.31 Å². The molecule has 1 aromatic rings. The Hall–Kier alpha value is -1.06. The summed E-state index contributed by atoms with van der Waals surface area (Å²) in [6, 6.07) is 10.7. The molecule has 0 aromatic heterocycles. The van der Waals surface area contributed by atoms with E-state index in [4.69, 9.17) is 9.31 Å². The van der Waals surface area contributed by atoms with E-state index >= 15 is 0 Å². The van der Waals surface area contributed by atoms with Crippen LogP contribution in [-0.2, 0) is 15.7 Å². The fourth-order valence-corrected chi connectivity index (χ4v) is 2.41. The first-order valence-electron chi connectivity index (χ1n) is 7.97. The van der Waals surface area contributed by atoms with Crippen molar-refractivity contribution in [3.8, 4) is 0 Å². The maximum absolute atomic E-state index is 5.93. The highest BCUT2D eigenvalue weighted by atomic mass is 16.7. The molecule has 0 aliphatic carbocycles. The van der Waals surface area contributed by atoms with Gasteiger partial charge in [0.1, 0.15) is 0 Å². The smallest absolute Gasteiger partial charge is 0.400 e. The van der Waals surface area contributed by atoms with E-state index in [-0.39, 0.29) is 18.3 Å². The molecular formula is C18H27BO2. The van der Waals surface area contributed by atoms with Crippen LogP contribution in [0.15, 0.2) is 42.4 Å². The molecule has 0 unspecified atom stereocenters. The van der Waals surface area contributed by atoms with Gasteiger partial charge in [0.25, 0.3) is 0 Å². The summed E-state index contributed by atoms with van der Waals surface area (Å²) < 4.78 is 11.9. The molecule has 0 spiro atoms. The van der Waals surface area contributed by atoms with Crippen LogP contribution in [0.4, 0.5) is 0 Å². The van der Waals surface area contributed by atoms with E-state index in [9.17, 15) is 0 Å². The Kier molecular flexibility index (Phi) is 5.29. The molecule has 0 radical (unpaired) electrons. The molecule has 1 saturated heterocycles. The quantitative estimate of drug-likeness (QED) is 0.562. The molecule has 1 fully saturated rings. The molecule has 21 heavy (non-hydrogen) atoms. The van der Waals surface area contributed by atoms with Gasteiger partial charge < -0.3 is 9.31 Å². The standard InChI is InChI=1S/C18H27BO2/c1-17(2)18(3,4)21-19(20-17)15-11-6-5-8-12-16-13-9-7-10-14-16/h7,9-11,13-15H,5-6,8,12H2,1-4H3/b15-11+. The van der Waals surface area contributed by atoms with Crippen LogP contribution in [0, 0.1) is 0 Å². The molecule has 2 rings (SSSR count). The lowest BCUT2D eigenvalue weighted by Gasteiger charge is -2.32. The Bertz CT molecular complexity index is 449. The molecule has 114 valence electrons. The van der Waals surface area contributed by atoms with E-state index in [2.05, 4.69) is 70.1 Å². The SMILES string of the molecule is CC1(C)OB(/C=C/CCCCc2ccccc2)OC1(C)C. The molecule has 1 aliphatic rings. The zero-order valence-corrected chi connectivity index (χ0v) is 13.8. The van der Waals surface area contributed by atoms with E-state index in [1.54, 1.807) is 0 Å². The van der Waals surface area contributed by atoms with Gasteiger partial charge in [-0.2, -0.15) is 0 Å². The molecule has 3 heteroatoms. The third-order valence-electron chi connectivity index (χ3n) is 4.49. The number of hydrogen-bond acceptors (Lipinski definition) is 2. The third-order valence-corrected chi connectivity index (χ3v) is 4.49.